The summed E-state index contributed by atoms with van der Waals surface area (Å²) in [7, 11) is 0. The second-order valence-electron chi connectivity index (χ2n) is 5.38. The molecule has 0 bridgehead atoms. The molecule has 1 aromatic carbocycles. The molecule has 108 valence electrons. The fourth-order valence-electron chi connectivity index (χ4n) is 2.32. The third-order valence-corrected chi connectivity index (χ3v) is 3.94. The van der Waals surface area contributed by atoms with Gasteiger partial charge in [0, 0.05) is 30.8 Å². The molecule has 1 heterocycles. The molecule has 1 aromatic rings. The monoisotopic (exact) mass is 295 g/mol. The van der Waals surface area contributed by atoms with Crippen LogP contribution in [0, 0.1) is 5.82 Å². The Kier molecular flexibility index (Phi) is 4.06. The van der Waals surface area contributed by atoms with Crippen LogP contribution in [0.3, 0.4) is 0 Å². The van der Waals surface area contributed by atoms with Crippen LogP contribution in [0.25, 0.3) is 0 Å². The van der Waals surface area contributed by atoms with Gasteiger partial charge in [0.2, 0.25) is 5.91 Å². The SMILES string of the molecule is CC1(C)C(=O)NCCN1Cc1cccc(C(N)=S)c1F. The number of piperazine rings is 1. The fourth-order valence-corrected chi connectivity index (χ4v) is 2.48. The van der Waals surface area contributed by atoms with E-state index in [9.17, 15) is 9.18 Å². The Morgan fingerprint density at radius 2 is 2.25 bits per heavy atom. The normalized spacial score (nSPS) is 18.6. The first kappa shape index (κ1) is 14.9. The highest BCUT2D eigenvalue weighted by molar-refractivity contribution is 7.80. The molecule has 1 aliphatic rings. The van der Waals surface area contributed by atoms with Crippen molar-refractivity contribution in [1.29, 1.82) is 0 Å². The Morgan fingerprint density at radius 1 is 1.55 bits per heavy atom. The minimum atomic E-state index is -0.663. The van der Waals surface area contributed by atoms with Crippen molar-refractivity contribution >= 4 is 23.1 Å². The molecule has 1 saturated heterocycles. The van der Waals surface area contributed by atoms with E-state index in [-0.39, 0.29) is 16.5 Å². The first-order valence-electron chi connectivity index (χ1n) is 6.44. The minimum absolute atomic E-state index is 0.0417. The molecular formula is C14H18FN3OS. The lowest BCUT2D eigenvalue weighted by molar-refractivity contribution is -0.135. The molecule has 1 amide bonds. The molecule has 0 aromatic heterocycles. The Bertz CT molecular complexity index is 559. The van der Waals surface area contributed by atoms with Crippen LogP contribution in [0.4, 0.5) is 4.39 Å². The van der Waals surface area contributed by atoms with E-state index in [1.54, 1.807) is 18.2 Å². The summed E-state index contributed by atoms with van der Waals surface area (Å²) in [6, 6.07) is 4.98. The van der Waals surface area contributed by atoms with Crippen LogP contribution >= 0.6 is 12.2 Å². The van der Waals surface area contributed by atoms with E-state index in [2.05, 4.69) is 5.32 Å². The maximum atomic E-state index is 14.3. The summed E-state index contributed by atoms with van der Waals surface area (Å²) in [6.45, 7) is 5.25. The van der Waals surface area contributed by atoms with Crippen molar-refractivity contribution in [2.24, 2.45) is 5.73 Å². The zero-order valence-corrected chi connectivity index (χ0v) is 12.4. The molecule has 0 atom stereocenters. The van der Waals surface area contributed by atoms with Gasteiger partial charge in [-0.3, -0.25) is 9.69 Å². The Hall–Kier alpha value is -1.53. The van der Waals surface area contributed by atoms with Gasteiger partial charge in [0.15, 0.2) is 0 Å². The van der Waals surface area contributed by atoms with Gasteiger partial charge in [0.1, 0.15) is 10.8 Å². The quantitative estimate of drug-likeness (QED) is 0.822. The van der Waals surface area contributed by atoms with Crippen LogP contribution in [0.5, 0.6) is 0 Å². The highest BCUT2D eigenvalue weighted by Crippen LogP contribution is 2.22. The van der Waals surface area contributed by atoms with E-state index in [0.717, 1.165) is 0 Å². The van der Waals surface area contributed by atoms with Crippen LogP contribution in [-0.2, 0) is 11.3 Å². The number of rotatable bonds is 3. The van der Waals surface area contributed by atoms with Crippen LogP contribution in [-0.4, -0.2) is 34.4 Å². The maximum Gasteiger partial charge on any atom is 0.240 e. The summed E-state index contributed by atoms with van der Waals surface area (Å²) in [6.07, 6.45) is 0. The van der Waals surface area contributed by atoms with E-state index in [4.69, 9.17) is 18.0 Å². The summed E-state index contributed by atoms with van der Waals surface area (Å²) in [5.41, 5.74) is 5.59. The van der Waals surface area contributed by atoms with Crippen molar-refractivity contribution in [3.05, 3.63) is 35.1 Å². The number of hydrogen-bond donors (Lipinski definition) is 2. The zero-order valence-electron chi connectivity index (χ0n) is 11.6. The van der Waals surface area contributed by atoms with Crippen LogP contribution < -0.4 is 11.1 Å². The number of carbonyl (C=O) groups excluding carboxylic acids is 1. The van der Waals surface area contributed by atoms with Crippen molar-refractivity contribution in [2.75, 3.05) is 13.1 Å². The lowest BCUT2D eigenvalue weighted by Gasteiger charge is -2.41. The second kappa shape index (κ2) is 5.46. The number of amides is 1. The number of halogens is 1. The molecule has 1 fully saturated rings. The van der Waals surface area contributed by atoms with Crippen molar-refractivity contribution in [3.63, 3.8) is 0 Å². The van der Waals surface area contributed by atoms with Gasteiger partial charge in [-0.25, -0.2) is 4.39 Å². The largest absolute Gasteiger partial charge is 0.389 e. The van der Waals surface area contributed by atoms with Crippen molar-refractivity contribution in [3.8, 4) is 0 Å². The minimum Gasteiger partial charge on any atom is -0.389 e. The van der Waals surface area contributed by atoms with Crippen molar-refractivity contribution in [2.45, 2.75) is 25.9 Å². The number of benzene rings is 1. The molecular weight excluding hydrogens is 277 g/mol. The Morgan fingerprint density at radius 3 is 2.90 bits per heavy atom. The van der Waals surface area contributed by atoms with E-state index in [1.165, 1.54) is 0 Å². The predicted octanol–water partition coefficient (Wildman–Crippen LogP) is 1.17. The first-order valence-corrected chi connectivity index (χ1v) is 6.85. The molecule has 0 saturated carbocycles. The number of thiocarbonyl (C=S) groups is 1. The number of hydrogen-bond acceptors (Lipinski definition) is 3. The summed E-state index contributed by atoms with van der Waals surface area (Å²) < 4.78 is 14.3. The van der Waals surface area contributed by atoms with Gasteiger partial charge in [-0.05, 0) is 19.9 Å². The lowest BCUT2D eigenvalue weighted by Crippen LogP contribution is -2.61. The molecule has 6 heteroatoms. The molecule has 1 aliphatic heterocycles. The second-order valence-corrected chi connectivity index (χ2v) is 5.82. The van der Waals surface area contributed by atoms with E-state index >= 15 is 0 Å². The predicted molar refractivity (Wildman–Crippen MR) is 79.8 cm³/mol. The number of nitrogens with two attached hydrogens (primary N) is 1. The highest BCUT2D eigenvalue weighted by Gasteiger charge is 2.37. The van der Waals surface area contributed by atoms with Gasteiger partial charge in [-0.15, -0.1) is 0 Å². The molecule has 3 N–H and O–H groups in total. The van der Waals surface area contributed by atoms with Crippen molar-refractivity contribution < 1.29 is 9.18 Å². The van der Waals surface area contributed by atoms with Gasteiger partial charge in [0.05, 0.1) is 5.54 Å². The van der Waals surface area contributed by atoms with Crippen molar-refractivity contribution in [1.82, 2.24) is 10.2 Å². The highest BCUT2D eigenvalue weighted by atomic mass is 32.1. The van der Waals surface area contributed by atoms with E-state index in [1.807, 2.05) is 18.7 Å². The molecule has 0 radical (unpaired) electrons. The lowest BCUT2D eigenvalue weighted by atomic mass is 9.97. The van der Waals surface area contributed by atoms with E-state index in [0.29, 0.717) is 25.2 Å². The standard InChI is InChI=1S/C14H18FN3OS/c1-14(2)13(19)17-6-7-18(14)8-9-4-3-5-10(11(9)15)12(16)20/h3-5H,6-8H2,1-2H3,(H2,16,20)(H,17,19). The molecule has 4 nitrogen and oxygen atoms in total. The average Bonchev–Trinajstić information content (AvgIpc) is 2.37. The molecule has 20 heavy (non-hydrogen) atoms. The van der Waals surface area contributed by atoms with Gasteiger partial charge < -0.3 is 11.1 Å². The van der Waals surface area contributed by atoms with Gasteiger partial charge in [0.25, 0.3) is 0 Å². The number of carbonyl (C=O) groups is 1. The Labute approximate surface area is 123 Å². The maximum absolute atomic E-state index is 14.3. The van der Waals surface area contributed by atoms with Gasteiger partial charge >= 0.3 is 0 Å². The fraction of sp³-hybridized carbons (Fsp3) is 0.429. The van der Waals surface area contributed by atoms with Crippen LogP contribution in [0.2, 0.25) is 0 Å². The zero-order chi connectivity index (χ0) is 14.9. The smallest absolute Gasteiger partial charge is 0.240 e. The molecule has 2 rings (SSSR count). The van der Waals surface area contributed by atoms with Gasteiger partial charge in [-0.1, -0.05) is 24.4 Å². The summed E-state index contributed by atoms with van der Waals surface area (Å²) in [5.74, 6) is -0.448. The molecule has 0 unspecified atom stereocenters. The Balaban J connectivity index is 2.28. The third kappa shape index (κ3) is 2.66. The molecule has 0 spiro atoms. The van der Waals surface area contributed by atoms with Crippen LogP contribution in [0.1, 0.15) is 25.0 Å². The third-order valence-electron chi connectivity index (χ3n) is 3.72. The van der Waals surface area contributed by atoms with Gasteiger partial charge in [-0.2, -0.15) is 0 Å². The summed E-state index contributed by atoms with van der Waals surface area (Å²) in [5, 5.41) is 2.82. The summed E-state index contributed by atoms with van der Waals surface area (Å²) in [4.78, 5) is 13.9. The number of nitrogens with one attached hydrogen (secondary N) is 1. The average molecular weight is 295 g/mol. The first-order chi connectivity index (χ1) is 9.34. The topological polar surface area (TPSA) is 58.4 Å². The van der Waals surface area contributed by atoms with E-state index < -0.39 is 11.4 Å². The van der Waals surface area contributed by atoms with Crippen LogP contribution in [0.15, 0.2) is 18.2 Å². The molecule has 0 aliphatic carbocycles. The number of nitrogens with zero attached hydrogens (tertiary/aromatic N) is 1. The summed E-state index contributed by atoms with van der Waals surface area (Å²) >= 11 is 4.84.